The van der Waals surface area contributed by atoms with E-state index >= 15 is 0 Å². The number of benzene rings is 1. The molecule has 1 aromatic heterocycles. The second kappa shape index (κ2) is 7.08. The van der Waals surface area contributed by atoms with Crippen LogP contribution in [0, 0.1) is 0 Å². The zero-order valence-electron chi connectivity index (χ0n) is 11.4. The number of aromatic nitrogens is 1. The maximum absolute atomic E-state index is 10.9. The molecule has 3 N–H and O–H groups in total. The first-order valence-electron chi connectivity index (χ1n) is 6.31. The third kappa shape index (κ3) is 3.97. The molecule has 0 saturated heterocycles. The SMILES string of the molecule is O=C(O)C1CSC(c2nc3ccc(OCOP(O)O)cc3s2)=N1. The highest BCUT2D eigenvalue weighted by molar-refractivity contribution is 8.15. The molecule has 11 heteroatoms. The van der Waals surface area contributed by atoms with Gasteiger partial charge in [0.05, 0.1) is 10.2 Å². The molecule has 1 aromatic carbocycles. The van der Waals surface area contributed by atoms with Gasteiger partial charge in [-0.25, -0.2) is 9.78 Å². The van der Waals surface area contributed by atoms with Crippen molar-refractivity contribution in [3.63, 3.8) is 0 Å². The van der Waals surface area contributed by atoms with Gasteiger partial charge in [0, 0.05) is 5.75 Å². The standard InChI is InChI=1S/C12H11N2O6PS2/c15-12(16)8-4-22-10(14-8)11-13-7-2-1-6(3-9(7)23-11)19-5-20-21(17)18/h1-3,8,17-18H,4-5H2,(H,15,16). The molecule has 1 aliphatic heterocycles. The fourth-order valence-corrected chi connectivity index (χ4v) is 4.08. The van der Waals surface area contributed by atoms with Crippen molar-refractivity contribution in [2.45, 2.75) is 6.04 Å². The van der Waals surface area contributed by atoms with Crippen molar-refractivity contribution in [1.82, 2.24) is 4.98 Å². The molecule has 0 radical (unpaired) electrons. The van der Waals surface area contributed by atoms with Gasteiger partial charge in [-0.3, -0.25) is 9.52 Å². The van der Waals surface area contributed by atoms with E-state index in [0.717, 1.165) is 10.2 Å². The van der Waals surface area contributed by atoms with Gasteiger partial charge in [-0.2, -0.15) is 0 Å². The molecule has 1 unspecified atom stereocenters. The summed E-state index contributed by atoms with van der Waals surface area (Å²) in [6.07, 6.45) is 0. The first-order chi connectivity index (χ1) is 11.0. The molecule has 1 atom stereocenters. The largest absolute Gasteiger partial charge is 0.480 e. The number of hydrogen-bond donors (Lipinski definition) is 3. The van der Waals surface area contributed by atoms with Crippen LogP contribution in [0.25, 0.3) is 10.2 Å². The third-order valence-electron chi connectivity index (χ3n) is 2.87. The average Bonchev–Trinajstić information content (AvgIpc) is 3.13. The molecule has 8 nitrogen and oxygen atoms in total. The highest BCUT2D eigenvalue weighted by Crippen LogP contribution is 2.32. The van der Waals surface area contributed by atoms with Gasteiger partial charge in [0.15, 0.2) is 12.8 Å². The number of carbonyl (C=O) groups is 1. The number of rotatable bonds is 6. The molecule has 122 valence electrons. The van der Waals surface area contributed by atoms with Gasteiger partial charge in [-0.1, -0.05) is 0 Å². The van der Waals surface area contributed by atoms with Gasteiger partial charge < -0.3 is 19.6 Å². The van der Waals surface area contributed by atoms with Crippen LogP contribution < -0.4 is 4.74 Å². The predicted octanol–water partition coefficient (Wildman–Crippen LogP) is 1.81. The van der Waals surface area contributed by atoms with E-state index < -0.39 is 20.6 Å². The Kier molecular flexibility index (Phi) is 5.10. The topological polar surface area (TPSA) is 121 Å². The van der Waals surface area contributed by atoms with E-state index in [2.05, 4.69) is 14.5 Å². The molecule has 2 aromatic rings. The molecule has 23 heavy (non-hydrogen) atoms. The summed E-state index contributed by atoms with van der Waals surface area (Å²) in [5, 5.41) is 10.3. The summed E-state index contributed by atoms with van der Waals surface area (Å²) in [5.74, 6) is -0.0107. The molecule has 3 rings (SSSR count). The molecule has 2 heterocycles. The zero-order valence-corrected chi connectivity index (χ0v) is 14.0. The lowest BCUT2D eigenvalue weighted by Crippen LogP contribution is -2.17. The van der Waals surface area contributed by atoms with Crippen molar-refractivity contribution in [3.05, 3.63) is 23.2 Å². The Morgan fingerprint density at radius 3 is 2.96 bits per heavy atom. The molecule has 1 aliphatic rings. The summed E-state index contributed by atoms with van der Waals surface area (Å²) in [5.41, 5.74) is 0.756. The highest BCUT2D eigenvalue weighted by atomic mass is 32.2. The van der Waals surface area contributed by atoms with Crippen molar-refractivity contribution in [1.29, 1.82) is 0 Å². The first kappa shape index (κ1) is 16.6. The van der Waals surface area contributed by atoms with Gasteiger partial charge in [0.1, 0.15) is 15.8 Å². The highest BCUT2D eigenvalue weighted by Gasteiger charge is 2.26. The van der Waals surface area contributed by atoms with E-state index in [4.69, 9.17) is 19.6 Å². The number of fused-ring (bicyclic) bond motifs is 1. The van der Waals surface area contributed by atoms with Crippen molar-refractivity contribution in [2.24, 2.45) is 4.99 Å². The lowest BCUT2D eigenvalue weighted by Gasteiger charge is -2.06. The van der Waals surface area contributed by atoms with Gasteiger partial charge in [-0.05, 0) is 18.2 Å². The summed E-state index contributed by atoms with van der Waals surface area (Å²) >= 11 is 2.77. The van der Waals surface area contributed by atoms with Crippen LogP contribution in [0.4, 0.5) is 0 Å². The van der Waals surface area contributed by atoms with Gasteiger partial charge in [0.2, 0.25) is 0 Å². The van der Waals surface area contributed by atoms with E-state index in [1.165, 1.54) is 23.1 Å². The maximum Gasteiger partial charge on any atom is 0.330 e. The minimum Gasteiger partial charge on any atom is -0.480 e. The third-order valence-corrected chi connectivity index (χ3v) is 5.42. The van der Waals surface area contributed by atoms with Crippen LogP contribution in [0.15, 0.2) is 23.2 Å². The summed E-state index contributed by atoms with van der Waals surface area (Å²) in [6.45, 7) is -0.265. The average molecular weight is 374 g/mol. The Balaban J connectivity index is 1.77. The summed E-state index contributed by atoms with van der Waals surface area (Å²) in [6, 6.07) is 4.49. The smallest absolute Gasteiger partial charge is 0.330 e. The van der Waals surface area contributed by atoms with Gasteiger partial charge >= 0.3 is 14.6 Å². The molecule has 0 fully saturated rings. The number of carboxylic acid groups (broad SMARTS) is 1. The quantitative estimate of drug-likeness (QED) is 0.517. The lowest BCUT2D eigenvalue weighted by atomic mass is 10.3. The molecule has 0 saturated carbocycles. The van der Waals surface area contributed by atoms with E-state index in [-0.39, 0.29) is 6.79 Å². The summed E-state index contributed by atoms with van der Waals surface area (Å²) in [7, 11) is -2.44. The monoisotopic (exact) mass is 374 g/mol. The van der Waals surface area contributed by atoms with Crippen LogP contribution in [-0.2, 0) is 9.32 Å². The van der Waals surface area contributed by atoms with Crippen LogP contribution in [0.3, 0.4) is 0 Å². The predicted molar refractivity (Wildman–Crippen MR) is 88.0 cm³/mol. The number of hydrogen-bond acceptors (Lipinski definition) is 9. The molecule has 0 spiro atoms. The van der Waals surface area contributed by atoms with Crippen molar-refractivity contribution in [3.8, 4) is 5.75 Å². The molecule has 0 aliphatic carbocycles. The fourth-order valence-electron chi connectivity index (χ4n) is 1.85. The molecule has 0 bridgehead atoms. The van der Waals surface area contributed by atoms with Crippen molar-refractivity contribution >= 4 is 52.9 Å². The Morgan fingerprint density at radius 2 is 2.26 bits per heavy atom. The number of nitrogens with zero attached hydrogens (tertiary/aromatic N) is 2. The Labute approximate surface area is 139 Å². The number of thiazole rings is 1. The lowest BCUT2D eigenvalue weighted by molar-refractivity contribution is -0.137. The molecule has 0 amide bonds. The minimum absolute atomic E-state index is 0.265. The normalized spacial score (nSPS) is 17.7. The number of aliphatic carboxylic acids is 1. The molecular formula is C12H11N2O6PS2. The number of thioether (sulfide) groups is 1. The van der Waals surface area contributed by atoms with Crippen LogP contribution in [0.1, 0.15) is 5.01 Å². The summed E-state index contributed by atoms with van der Waals surface area (Å²) in [4.78, 5) is 36.8. The van der Waals surface area contributed by atoms with Crippen LogP contribution in [0.5, 0.6) is 5.75 Å². The van der Waals surface area contributed by atoms with E-state index in [0.29, 0.717) is 21.6 Å². The van der Waals surface area contributed by atoms with Crippen LogP contribution in [-0.4, -0.2) is 49.5 Å². The zero-order chi connectivity index (χ0) is 16.4. The second-order valence-electron chi connectivity index (χ2n) is 4.39. The first-order valence-corrected chi connectivity index (χ1v) is 9.27. The number of aliphatic imine (C=N–C) groups is 1. The Bertz CT molecular complexity index is 765. The van der Waals surface area contributed by atoms with Gasteiger partial charge in [-0.15, -0.1) is 23.1 Å². The number of carboxylic acids is 1. The summed E-state index contributed by atoms with van der Waals surface area (Å²) < 4.78 is 10.6. The van der Waals surface area contributed by atoms with E-state index in [9.17, 15) is 4.79 Å². The van der Waals surface area contributed by atoms with Crippen molar-refractivity contribution < 1.29 is 28.9 Å². The van der Waals surface area contributed by atoms with E-state index in [1.807, 2.05) is 0 Å². The minimum atomic E-state index is -2.44. The second-order valence-corrected chi connectivity index (χ2v) is 7.19. The van der Waals surface area contributed by atoms with Gasteiger partial charge in [0.25, 0.3) is 0 Å². The maximum atomic E-state index is 10.9. The van der Waals surface area contributed by atoms with Crippen molar-refractivity contribution in [2.75, 3.05) is 12.5 Å². The number of ether oxygens (including phenoxy) is 1. The van der Waals surface area contributed by atoms with E-state index in [1.54, 1.807) is 18.2 Å². The Hall–Kier alpha value is -1.29. The van der Waals surface area contributed by atoms with Crippen LogP contribution >= 0.6 is 31.7 Å². The molecular weight excluding hydrogens is 363 g/mol. The fraction of sp³-hybridized carbons (Fsp3) is 0.250. The Morgan fingerprint density at radius 1 is 1.43 bits per heavy atom. The van der Waals surface area contributed by atoms with Crippen LogP contribution in [0.2, 0.25) is 0 Å².